The number of ether oxygens (including phenoxy) is 1. The van der Waals surface area contributed by atoms with Crippen LogP contribution in [0.3, 0.4) is 0 Å². The van der Waals surface area contributed by atoms with Gasteiger partial charge in [0.2, 0.25) is 0 Å². The van der Waals surface area contributed by atoms with E-state index in [4.69, 9.17) is 4.74 Å². The maximum atomic E-state index is 13.3. The topological polar surface area (TPSA) is 66.9 Å². The van der Waals surface area contributed by atoms with Crippen molar-refractivity contribution >= 4 is 43.0 Å². The summed E-state index contributed by atoms with van der Waals surface area (Å²) in [7, 11) is -0.822. The largest absolute Gasteiger partial charge is 0.495 e. The number of fused-ring (bicyclic) bond motifs is 1. The highest BCUT2D eigenvalue weighted by molar-refractivity contribution is 7.93. The molecule has 1 saturated heterocycles. The van der Waals surface area contributed by atoms with E-state index >= 15 is 0 Å². The number of likely N-dealkylation sites (tertiary alicyclic amines) is 1. The SMILES string of the molecule is COc1ccc(C)cc1S(=O)(=O)N(C)c1ccc2sc(C(=O)N3CCCCCC3)cc2c1. The van der Waals surface area contributed by atoms with Gasteiger partial charge in [0.05, 0.1) is 17.7 Å². The van der Waals surface area contributed by atoms with E-state index in [1.165, 1.54) is 42.6 Å². The molecule has 0 saturated carbocycles. The lowest BCUT2D eigenvalue weighted by Crippen LogP contribution is -2.31. The average molecular weight is 473 g/mol. The van der Waals surface area contributed by atoms with Gasteiger partial charge in [0.1, 0.15) is 10.6 Å². The second-order valence-corrected chi connectivity index (χ2v) is 11.2. The first-order valence-corrected chi connectivity index (χ1v) is 13.0. The van der Waals surface area contributed by atoms with Gasteiger partial charge in [-0.1, -0.05) is 18.9 Å². The van der Waals surface area contributed by atoms with Gasteiger partial charge in [-0.3, -0.25) is 9.10 Å². The maximum absolute atomic E-state index is 13.3. The highest BCUT2D eigenvalue weighted by Gasteiger charge is 2.26. The molecule has 0 bridgehead atoms. The molecule has 0 spiro atoms. The molecule has 170 valence electrons. The summed E-state index contributed by atoms with van der Waals surface area (Å²) < 4.78 is 34.2. The Labute approximate surface area is 193 Å². The van der Waals surface area contributed by atoms with Crippen LogP contribution in [0.5, 0.6) is 5.75 Å². The van der Waals surface area contributed by atoms with E-state index in [0.29, 0.717) is 16.3 Å². The van der Waals surface area contributed by atoms with Crippen molar-refractivity contribution in [3.63, 3.8) is 0 Å². The van der Waals surface area contributed by atoms with Crippen LogP contribution in [0.1, 0.15) is 40.9 Å². The van der Waals surface area contributed by atoms with Crippen LogP contribution < -0.4 is 9.04 Å². The van der Waals surface area contributed by atoms with Gasteiger partial charge < -0.3 is 9.64 Å². The number of carbonyl (C=O) groups excluding carboxylic acids is 1. The second kappa shape index (κ2) is 9.11. The number of nitrogens with zero attached hydrogens (tertiary/aromatic N) is 2. The summed E-state index contributed by atoms with van der Waals surface area (Å²) >= 11 is 1.46. The Hall–Kier alpha value is -2.58. The molecular weight excluding hydrogens is 444 g/mol. The molecule has 0 aliphatic carbocycles. The summed E-state index contributed by atoms with van der Waals surface area (Å²) in [5.74, 6) is 0.379. The maximum Gasteiger partial charge on any atom is 0.267 e. The molecule has 0 radical (unpaired) electrons. The predicted molar refractivity (Wildman–Crippen MR) is 130 cm³/mol. The third-order valence-corrected chi connectivity index (χ3v) is 8.84. The summed E-state index contributed by atoms with van der Waals surface area (Å²) in [6.45, 7) is 3.45. The molecule has 1 aliphatic heterocycles. The summed E-state index contributed by atoms with van der Waals surface area (Å²) in [5, 5.41) is 0.865. The third kappa shape index (κ3) is 4.34. The summed E-state index contributed by atoms with van der Waals surface area (Å²) in [4.78, 5) is 15.8. The zero-order valence-electron chi connectivity index (χ0n) is 18.6. The van der Waals surface area contributed by atoms with Crippen LogP contribution in [0.4, 0.5) is 5.69 Å². The molecule has 2 heterocycles. The minimum Gasteiger partial charge on any atom is -0.495 e. The molecule has 2 aromatic carbocycles. The number of carbonyl (C=O) groups is 1. The van der Waals surface area contributed by atoms with Crippen LogP contribution in [-0.4, -0.2) is 46.5 Å². The standard InChI is InChI=1S/C24H28N2O4S2/c1-17-8-10-20(30-3)23(14-17)32(28,29)25(2)19-9-11-21-18(15-19)16-22(31-21)24(27)26-12-6-4-5-7-13-26/h8-11,14-16H,4-7,12-13H2,1-3H3. The minimum absolute atomic E-state index is 0.0696. The van der Waals surface area contributed by atoms with Crippen molar-refractivity contribution < 1.29 is 17.9 Å². The lowest BCUT2D eigenvalue weighted by molar-refractivity contribution is 0.0766. The number of hydrogen-bond acceptors (Lipinski definition) is 5. The van der Waals surface area contributed by atoms with Gasteiger partial charge in [-0.05, 0) is 67.1 Å². The number of rotatable bonds is 5. The fraction of sp³-hybridized carbons (Fsp3) is 0.375. The molecule has 0 N–H and O–H groups in total. The molecule has 1 fully saturated rings. The van der Waals surface area contributed by atoms with Gasteiger partial charge in [-0.2, -0.15) is 0 Å². The second-order valence-electron chi connectivity index (χ2n) is 8.17. The number of aryl methyl sites for hydroxylation is 1. The van der Waals surface area contributed by atoms with Crippen molar-refractivity contribution in [2.45, 2.75) is 37.5 Å². The predicted octanol–water partition coefficient (Wildman–Crippen LogP) is 5.06. The van der Waals surface area contributed by atoms with Crippen LogP contribution in [0.2, 0.25) is 0 Å². The lowest BCUT2D eigenvalue weighted by atomic mass is 10.2. The number of anilines is 1. The lowest BCUT2D eigenvalue weighted by Gasteiger charge is -2.21. The highest BCUT2D eigenvalue weighted by Crippen LogP contribution is 2.34. The molecular formula is C24H28N2O4S2. The Morgan fingerprint density at radius 2 is 1.75 bits per heavy atom. The molecule has 32 heavy (non-hydrogen) atoms. The van der Waals surface area contributed by atoms with E-state index in [2.05, 4.69) is 0 Å². The van der Waals surface area contributed by atoms with Crippen molar-refractivity contribution in [3.8, 4) is 5.75 Å². The van der Waals surface area contributed by atoms with E-state index in [-0.39, 0.29) is 10.8 Å². The van der Waals surface area contributed by atoms with Crippen molar-refractivity contribution in [2.75, 3.05) is 31.6 Å². The smallest absolute Gasteiger partial charge is 0.267 e. The first-order chi connectivity index (χ1) is 15.3. The number of thiophene rings is 1. The number of methoxy groups -OCH3 is 1. The molecule has 1 amide bonds. The minimum atomic E-state index is -3.82. The van der Waals surface area contributed by atoms with E-state index in [9.17, 15) is 13.2 Å². The van der Waals surface area contributed by atoms with Crippen molar-refractivity contribution in [2.24, 2.45) is 0 Å². The molecule has 3 aromatic rings. The summed E-state index contributed by atoms with van der Waals surface area (Å²) in [6, 6.07) is 12.5. The molecule has 0 atom stereocenters. The van der Waals surface area contributed by atoms with E-state index in [1.807, 2.05) is 36.1 Å². The van der Waals surface area contributed by atoms with Gasteiger partial charge in [0, 0.05) is 24.8 Å². The number of amides is 1. The van der Waals surface area contributed by atoms with Crippen molar-refractivity contribution in [1.82, 2.24) is 4.90 Å². The van der Waals surface area contributed by atoms with Gasteiger partial charge >= 0.3 is 0 Å². The van der Waals surface area contributed by atoms with Crippen LogP contribution in [0, 0.1) is 6.92 Å². The van der Waals surface area contributed by atoms with Gasteiger partial charge in [0.25, 0.3) is 15.9 Å². The van der Waals surface area contributed by atoms with Gasteiger partial charge in [-0.25, -0.2) is 8.42 Å². The Morgan fingerprint density at radius 3 is 2.44 bits per heavy atom. The highest BCUT2D eigenvalue weighted by atomic mass is 32.2. The summed E-state index contributed by atoms with van der Waals surface area (Å²) in [5.41, 5.74) is 1.37. The normalized spacial score (nSPS) is 14.9. The Balaban J connectivity index is 1.65. The molecule has 1 aliphatic rings. The quantitative estimate of drug-likeness (QED) is 0.521. The van der Waals surface area contributed by atoms with Crippen LogP contribution >= 0.6 is 11.3 Å². The van der Waals surface area contributed by atoms with E-state index < -0.39 is 10.0 Å². The van der Waals surface area contributed by atoms with E-state index in [0.717, 1.165) is 41.6 Å². The third-order valence-electron chi connectivity index (χ3n) is 5.93. The molecule has 4 rings (SSSR count). The van der Waals surface area contributed by atoms with Crippen LogP contribution in [0.15, 0.2) is 47.4 Å². The Bertz CT molecular complexity index is 1240. The van der Waals surface area contributed by atoms with E-state index in [1.54, 1.807) is 18.2 Å². The molecule has 8 heteroatoms. The Morgan fingerprint density at radius 1 is 1.03 bits per heavy atom. The number of benzene rings is 2. The fourth-order valence-corrected chi connectivity index (χ4v) is 6.47. The first kappa shape index (κ1) is 22.6. The fourth-order valence-electron chi connectivity index (χ4n) is 4.03. The number of sulfonamides is 1. The van der Waals surface area contributed by atoms with Gasteiger partial charge in [-0.15, -0.1) is 11.3 Å². The Kier molecular flexibility index (Phi) is 6.44. The van der Waals surface area contributed by atoms with Crippen LogP contribution in [-0.2, 0) is 10.0 Å². The zero-order valence-corrected chi connectivity index (χ0v) is 20.3. The van der Waals surface area contributed by atoms with Crippen molar-refractivity contribution in [3.05, 3.63) is 52.9 Å². The zero-order chi connectivity index (χ0) is 22.9. The first-order valence-electron chi connectivity index (χ1n) is 10.8. The average Bonchev–Trinajstić information content (AvgIpc) is 3.02. The van der Waals surface area contributed by atoms with Crippen molar-refractivity contribution in [1.29, 1.82) is 0 Å². The summed E-state index contributed by atoms with van der Waals surface area (Å²) in [6.07, 6.45) is 4.44. The monoisotopic (exact) mass is 472 g/mol. The molecule has 0 unspecified atom stereocenters. The number of hydrogen-bond donors (Lipinski definition) is 0. The molecule has 1 aromatic heterocycles. The van der Waals surface area contributed by atoms with Gasteiger partial charge in [0.15, 0.2) is 0 Å². The molecule has 6 nitrogen and oxygen atoms in total. The van der Waals surface area contributed by atoms with Crippen LogP contribution in [0.25, 0.3) is 10.1 Å².